The molecule has 0 aromatic heterocycles. The molecule has 15 heteroatoms. The van der Waals surface area contributed by atoms with Gasteiger partial charge in [0.1, 0.15) is 0 Å². The van der Waals surface area contributed by atoms with Gasteiger partial charge in [0.15, 0.2) is 0 Å². The summed E-state index contributed by atoms with van der Waals surface area (Å²) in [6, 6.07) is 0. The third kappa shape index (κ3) is 222. The molecule has 0 bridgehead atoms. The molecule has 0 aliphatic heterocycles. The zero-order chi connectivity index (χ0) is 14.3. The molecule has 0 saturated carbocycles. The van der Waals surface area contributed by atoms with Gasteiger partial charge in [0.25, 0.3) is 5.09 Å². The van der Waals surface area contributed by atoms with E-state index in [1.54, 1.807) is 0 Å². The molecule has 0 heterocycles. The summed E-state index contributed by atoms with van der Waals surface area (Å²) in [4.78, 5) is 26.6. The molecular formula is C2H6BFKNO11. The van der Waals surface area contributed by atoms with Crippen LogP contribution in [0.5, 0.6) is 0 Å². The summed E-state index contributed by atoms with van der Waals surface area (Å²) in [6.07, 6.45) is 0. The standard InChI is InChI=1S/C2H2O4.BH2O3.FHO.K.HNO3/c3-1(4)2(5)6;2-1(3)4;1-2;;2-1(3)4/h(H,3,4)(H,5,6);2-3H;2H;;(H,2,3,4)/q;-1;;+1;. The van der Waals surface area contributed by atoms with Crippen LogP contribution in [0.15, 0.2) is 0 Å². The molecule has 12 nitrogen and oxygen atoms in total. The smallest absolute Gasteiger partial charge is 0.832 e. The van der Waals surface area contributed by atoms with Crippen LogP contribution in [0.1, 0.15) is 0 Å². The summed E-state index contributed by atoms with van der Waals surface area (Å²) >= 11 is 0. The van der Waals surface area contributed by atoms with Gasteiger partial charge in [-0.05, 0) is 0 Å². The van der Waals surface area contributed by atoms with Crippen LogP contribution >= 0.6 is 0 Å². The van der Waals surface area contributed by atoms with E-state index in [1.807, 2.05) is 0 Å². The molecule has 6 N–H and O–H groups in total. The van der Waals surface area contributed by atoms with Gasteiger partial charge >= 0.3 is 70.6 Å². The van der Waals surface area contributed by atoms with Crippen molar-refractivity contribution in [1.29, 1.82) is 0 Å². The van der Waals surface area contributed by atoms with E-state index < -0.39 is 24.3 Å². The second-order valence-electron chi connectivity index (χ2n) is 1.17. The molecule has 96 valence electrons. The Hall–Kier alpha value is -0.389. The minimum atomic E-state index is -2.42. The monoisotopic (exact) mass is 289 g/mol. The summed E-state index contributed by atoms with van der Waals surface area (Å²) in [5.74, 6) is -3.65. The van der Waals surface area contributed by atoms with E-state index in [4.69, 9.17) is 60.0 Å². The molecule has 0 spiro atoms. The average molecular weight is 289 g/mol. The third-order valence-corrected chi connectivity index (χ3v) is 0.183. The van der Waals surface area contributed by atoms with E-state index in [-0.39, 0.29) is 51.4 Å². The van der Waals surface area contributed by atoms with Crippen molar-refractivity contribution in [2.24, 2.45) is 0 Å². The van der Waals surface area contributed by atoms with Crippen molar-refractivity contribution >= 4 is 19.3 Å². The number of carboxylic acid groups (broad SMARTS) is 2. The zero-order valence-electron chi connectivity index (χ0n) is 8.13. The number of nitrogens with zero attached hydrogens (tertiary/aromatic N) is 1. The molecule has 0 aliphatic rings. The fourth-order valence-electron chi connectivity index (χ4n) is 0. The molecular weight excluding hydrogens is 283 g/mol. The van der Waals surface area contributed by atoms with Gasteiger partial charge in [0, 0.05) is 0 Å². The molecule has 0 aromatic carbocycles. The third-order valence-electron chi connectivity index (χ3n) is 0.183. The van der Waals surface area contributed by atoms with Crippen LogP contribution < -0.4 is 56.4 Å². The van der Waals surface area contributed by atoms with Gasteiger partial charge in [-0.3, -0.25) is 0 Å². The second-order valence-corrected chi connectivity index (χ2v) is 1.17. The van der Waals surface area contributed by atoms with Crippen LogP contribution in [0.3, 0.4) is 0 Å². The van der Waals surface area contributed by atoms with Gasteiger partial charge in [0.2, 0.25) is 0 Å². The predicted octanol–water partition coefficient (Wildman–Crippen LogP) is -7.01. The minimum absolute atomic E-state index is 0. The molecule has 0 radical (unpaired) electrons. The van der Waals surface area contributed by atoms with Crippen LogP contribution in [0.25, 0.3) is 0 Å². The summed E-state index contributed by atoms with van der Waals surface area (Å²) in [5, 5.41) is 56.7. The van der Waals surface area contributed by atoms with Crippen LogP contribution in [-0.2, 0) is 9.59 Å². The average Bonchev–Trinajstić information content (AvgIpc) is 2.05. The van der Waals surface area contributed by atoms with Gasteiger partial charge in [-0.1, -0.05) is 4.53 Å². The van der Waals surface area contributed by atoms with E-state index in [2.05, 4.69) is 0 Å². The molecule has 0 saturated heterocycles. The Labute approximate surface area is 135 Å². The van der Waals surface area contributed by atoms with E-state index in [0.717, 1.165) is 0 Å². The SMILES string of the molecule is O=C(O)C(=O)O.O=[N+]([O-])O.OF.[K+].[O-]B(O)O. The Morgan fingerprint density at radius 2 is 1.18 bits per heavy atom. The van der Waals surface area contributed by atoms with Crippen molar-refractivity contribution in [3.63, 3.8) is 0 Å². The number of hydrogen-bond acceptors (Lipinski definition) is 8. The largest absolute Gasteiger partial charge is 1.00 e. The minimum Gasteiger partial charge on any atom is -0.832 e. The zero-order valence-corrected chi connectivity index (χ0v) is 11.3. The Bertz CT molecular complexity index is 181. The first-order valence-electron chi connectivity index (χ1n) is 2.59. The predicted molar refractivity (Wildman–Crippen MR) is 37.6 cm³/mol. The first-order chi connectivity index (χ1) is 7.11. The van der Waals surface area contributed by atoms with Crippen molar-refractivity contribution in [3.8, 4) is 0 Å². The maximum absolute atomic E-state index is 9.10. The van der Waals surface area contributed by atoms with Crippen LogP contribution in [0, 0.1) is 10.1 Å². The van der Waals surface area contributed by atoms with Gasteiger partial charge in [0.05, 0.1) is 0 Å². The molecule has 0 aliphatic carbocycles. The van der Waals surface area contributed by atoms with E-state index >= 15 is 0 Å². The summed E-state index contributed by atoms with van der Waals surface area (Å²) in [5.41, 5.74) is 0. The van der Waals surface area contributed by atoms with E-state index in [9.17, 15) is 0 Å². The van der Waals surface area contributed by atoms with Gasteiger partial charge in [-0.25, -0.2) is 14.9 Å². The van der Waals surface area contributed by atoms with Gasteiger partial charge in [-0.2, -0.15) is 0 Å². The van der Waals surface area contributed by atoms with Crippen molar-refractivity contribution in [2.45, 2.75) is 0 Å². The van der Waals surface area contributed by atoms with E-state index in [0.29, 0.717) is 0 Å². The molecule has 0 amide bonds. The fraction of sp³-hybridized carbons (Fsp3) is 0. The molecule has 0 aromatic rings. The van der Waals surface area contributed by atoms with Crippen LogP contribution in [0.2, 0.25) is 0 Å². The molecule has 0 atom stereocenters. The van der Waals surface area contributed by atoms with E-state index in [1.165, 1.54) is 0 Å². The van der Waals surface area contributed by atoms with Crippen LogP contribution in [0.4, 0.5) is 4.53 Å². The van der Waals surface area contributed by atoms with Gasteiger partial charge < -0.3 is 30.5 Å². The molecule has 0 fully saturated rings. The summed E-state index contributed by atoms with van der Waals surface area (Å²) in [7, 11) is -2.42. The number of rotatable bonds is 0. The van der Waals surface area contributed by atoms with Crippen molar-refractivity contribution in [1.82, 2.24) is 0 Å². The summed E-state index contributed by atoms with van der Waals surface area (Å²) in [6.45, 7) is 0. The number of halogens is 1. The second kappa shape index (κ2) is 24.7. The molecule has 0 unspecified atom stereocenters. The molecule has 0 rings (SSSR count). The van der Waals surface area contributed by atoms with Crippen molar-refractivity contribution in [2.75, 3.05) is 0 Å². The Morgan fingerprint density at radius 1 is 1.12 bits per heavy atom. The first kappa shape index (κ1) is 30.0. The Morgan fingerprint density at radius 3 is 1.18 bits per heavy atom. The first-order valence-corrected chi connectivity index (χ1v) is 2.59. The fourth-order valence-corrected chi connectivity index (χ4v) is 0. The number of carbonyl (C=O) groups is 2. The van der Waals surface area contributed by atoms with Crippen molar-refractivity contribution in [3.05, 3.63) is 10.1 Å². The van der Waals surface area contributed by atoms with Crippen molar-refractivity contribution < 1.29 is 106 Å². The summed E-state index contributed by atoms with van der Waals surface area (Å²) < 4.78 is 8.50. The Balaban J connectivity index is -0.0000000393. The quantitative estimate of drug-likeness (QED) is 0.106. The normalized spacial score (nSPS) is 5.94. The van der Waals surface area contributed by atoms with Gasteiger partial charge in [-0.15, -0.1) is 10.1 Å². The maximum Gasteiger partial charge on any atom is 1.00 e. The van der Waals surface area contributed by atoms with Crippen LogP contribution in [-0.4, -0.2) is 55.1 Å². The number of aliphatic carboxylic acids is 2. The molecule has 17 heavy (non-hydrogen) atoms. The Kier molecular flexibility index (Phi) is 43.7. The number of hydrogen-bond donors (Lipinski definition) is 6. The maximum atomic E-state index is 9.10. The number of carboxylic acids is 2. The topological polar surface area (TPSA) is 222 Å².